The zero-order chi connectivity index (χ0) is 11.4. The molecular weight excluding hydrogens is 200 g/mol. The van der Waals surface area contributed by atoms with Gasteiger partial charge < -0.3 is 11.1 Å². The molecule has 1 saturated carbocycles. The number of carbonyl (C=O) groups is 1. The molecule has 2 unspecified atom stereocenters. The van der Waals surface area contributed by atoms with E-state index in [1.807, 2.05) is 30.3 Å². The molecule has 16 heavy (non-hydrogen) atoms. The van der Waals surface area contributed by atoms with Gasteiger partial charge in [0.1, 0.15) is 0 Å². The fourth-order valence-corrected chi connectivity index (χ4v) is 2.18. The SMILES string of the molecule is NC1CCCCC1NC(=O)c1ccccc1. The van der Waals surface area contributed by atoms with E-state index in [1.54, 1.807) is 0 Å². The predicted octanol–water partition coefficient (Wildman–Crippen LogP) is 1.69. The van der Waals surface area contributed by atoms with Crippen LogP contribution in [0.15, 0.2) is 30.3 Å². The third-order valence-corrected chi connectivity index (χ3v) is 3.17. The maximum atomic E-state index is 11.9. The predicted molar refractivity (Wildman–Crippen MR) is 64.1 cm³/mol. The number of carbonyl (C=O) groups excluding carboxylic acids is 1. The van der Waals surface area contributed by atoms with Crippen LogP contribution >= 0.6 is 0 Å². The second-order valence-electron chi connectivity index (χ2n) is 4.39. The Morgan fingerprint density at radius 3 is 2.56 bits per heavy atom. The molecule has 0 aromatic heterocycles. The lowest BCUT2D eigenvalue weighted by molar-refractivity contribution is 0.0921. The Kier molecular flexibility index (Phi) is 3.57. The molecule has 1 aliphatic rings. The Bertz CT molecular complexity index is 350. The molecule has 1 aliphatic carbocycles. The van der Waals surface area contributed by atoms with Gasteiger partial charge in [-0.3, -0.25) is 4.79 Å². The summed E-state index contributed by atoms with van der Waals surface area (Å²) in [6, 6.07) is 9.55. The molecule has 1 fully saturated rings. The summed E-state index contributed by atoms with van der Waals surface area (Å²) in [5.74, 6) is -0.0112. The van der Waals surface area contributed by atoms with E-state index in [-0.39, 0.29) is 18.0 Å². The maximum absolute atomic E-state index is 11.9. The number of hydrogen-bond acceptors (Lipinski definition) is 2. The van der Waals surface area contributed by atoms with E-state index in [2.05, 4.69) is 5.32 Å². The summed E-state index contributed by atoms with van der Waals surface area (Å²) in [7, 11) is 0. The van der Waals surface area contributed by atoms with Gasteiger partial charge in [0.2, 0.25) is 0 Å². The second kappa shape index (κ2) is 5.12. The molecule has 0 spiro atoms. The van der Waals surface area contributed by atoms with E-state index >= 15 is 0 Å². The van der Waals surface area contributed by atoms with Gasteiger partial charge in [-0.1, -0.05) is 31.0 Å². The number of rotatable bonds is 2. The number of hydrogen-bond donors (Lipinski definition) is 2. The third-order valence-electron chi connectivity index (χ3n) is 3.17. The van der Waals surface area contributed by atoms with E-state index in [9.17, 15) is 4.79 Å². The van der Waals surface area contributed by atoms with Crippen molar-refractivity contribution in [2.24, 2.45) is 5.73 Å². The van der Waals surface area contributed by atoms with E-state index in [1.165, 1.54) is 6.42 Å². The number of amides is 1. The normalized spacial score (nSPS) is 25.1. The van der Waals surface area contributed by atoms with Crippen molar-refractivity contribution in [3.63, 3.8) is 0 Å². The van der Waals surface area contributed by atoms with E-state index in [0.717, 1.165) is 19.3 Å². The Morgan fingerprint density at radius 2 is 1.88 bits per heavy atom. The highest BCUT2D eigenvalue weighted by atomic mass is 16.1. The average Bonchev–Trinajstić information content (AvgIpc) is 2.33. The van der Waals surface area contributed by atoms with Crippen molar-refractivity contribution in [1.29, 1.82) is 0 Å². The summed E-state index contributed by atoms with van der Waals surface area (Å²) in [6.07, 6.45) is 4.35. The molecule has 2 rings (SSSR count). The first-order valence-electron chi connectivity index (χ1n) is 5.89. The quantitative estimate of drug-likeness (QED) is 0.793. The summed E-state index contributed by atoms with van der Waals surface area (Å²) in [5.41, 5.74) is 6.70. The minimum Gasteiger partial charge on any atom is -0.348 e. The van der Waals surface area contributed by atoms with Crippen LogP contribution in [0.3, 0.4) is 0 Å². The van der Waals surface area contributed by atoms with E-state index < -0.39 is 0 Å². The van der Waals surface area contributed by atoms with Gasteiger partial charge in [0.05, 0.1) is 0 Å². The Hall–Kier alpha value is -1.35. The van der Waals surface area contributed by atoms with Crippen LogP contribution in [0.25, 0.3) is 0 Å². The van der Waals surface area contributed by atoms with Crippen LogP contribution in [0.1, 0.15) is 36.0 Å². The van der Waals surface area contributed by atoms with Gasteiger partial charge in [-0.05, 0) is 25.0 Å². The summed E-state index contributed by atoms with van der Waals surface area (Å²) < 4.78 is 0. The molecule has 1 amide bonds. The molecule has 1 aromatic rings. The highest BCUT2D eigenvalue weighted by molar-refractivity contribution is 5.94. The lowest BCUT2D eigenvalue weighted by Gasteiger charge is -2.29. The molecule has 0 saturated heterocycles. The molecule has 2 atom stereocenters. The summed E-state index contributed by atoms with van der Waals surface area (Å²) >= 11 is 0. The largest absolute Gasteiger partial charge is 0.348 e. The van der Waals surface area contributed by atoms with Crippen molar-refractivity contribution < 1.29 is 4.79 Å². The zero-order valence-electron chi connectivity index (χ0n) is 9.36. The van der Waals surface area contributed by atoms with Gasteiger partial charge in [0.25, 0.3) is 5.91 Å². The first-order valence-corrected chi connectivity index (χ1v) is 5.89. The second-order valence-corrected chi connectivity index (χ2v) is 4.39. The summed E-state index contributed by atoms with van der Waals surface area (Å²) in [5, 5.41) is 3.02. The molecule has 0 radical (unpaired) electrons. The van der Waals surface area contributed by atoms with Crippen molar-refractivity contribution >= 4 is 5.91 Å². The van der Waals surface area contributed by atoms with Crippen molar-refractivity contribution in [3.05, 3.63) is 35.9 Å². The van der Waals surface area contributed by atoms with Gasteiger partial charge in [-0.2, -0.15) is 0 Å². The van der Waals surface area contributed by atoms with Crippen LogP contribution in [0.2, 0.25) is 0 Å². The molecule has 1 aromatic carbocycles. The van der Waals surface area contributed by atoms with Crippen molar-refractivity contribution in [2.45, 2.75) is 37.8 Å². The molecule has 0 aliphatic heterocycles. The highest BCUT2D eigenvalue weighted by Gasteiger charge is 2.23. The van der Waals surface area contributed by atoms with Crippen molar-refractivity contribution in [2.75, 3.05) is 0 Å². The van der Waals surface area contributed by atoms with Gasteiger partial charge >= 0.3 is 0 Å². The van der Waals surface area contributed by atoms with Crippen LogP contribution in [-0.2, 0) is 0 Å². The minimum absolute atomic E-state index is 0.0112. The first kappa shape index (κ1) is 11.1. The van der Waals surface area contributed by atoms with Gasteiger partial charge in [-0.15, -0.1) is 0 Å². The Balaban J connectivity index is 1.96. The fraction of sp³-hybridized carbons (Fsp3) is 0.462. The fourth-order valence-electron chi connectivity index (χ4n) is 2.18. The number of nitrogens with one attached hydrogen (secondary N) is 1. The van der Waals surface area contributed by atoms with E-state index in [0.29, 0.717) is 5.56 Å². The lowest BCUT2D eigenvalue weighted by atomic mass is 9.91. The zero-order valence-corrected chi connectivity index (χ0v) is 9.36. The molecule has 3 heteroatoms. The van der Waals surface area contributed by atoms with Gasteiger partial charge in [0, 0.05) is 17.6 Å². The standard InChI is InChI=1S/C13H18N2O/c14-11-8-4-5-9-12(11)15-13(16)10-6-2-1-3-7-10/h1-3,6-7,11-12H,4-5,8-9,14H2,(H,15,16). The number of nitrogens with two attached hydrogens (primary N) is 1. The van der Waals surface area contributed by atoms with Crippen LogP contribution in [-0.4, -0.2) is 18.0 Å². The molecule has 3 N–H and O–H groups in total. The Morgan fingerprint density at radius 1 is 1.19 bits per heavy atom. The molecule has 0 bridgehead atoms. The average molecular weight is 218 g/mol. The van der Waals surface area contributed by atoms with Crippen LogP contribution in [0, 0.1) is 0 Å². The summed E-state index contributed by atoms with van der Waals surface area (Å²) in [6.45, 7) is 0. The van der Waals surface area contributed by atoms with Crippen molar-refractivity contribution in [1.82, 2.24) is 5.32 Å². The van der Waals surface area contributed by atoms with Crippen LogP contribution < -0.4 is 11.1 Å². The topological polar surface area (TPSA) is 55.1 Å². The van der Waals surface area contributed by atoms with Gasteiger partial charge in [-0.25, -0.2) is 0 Å². The summed E-state index contributed by atoms with van der Waals surface area (Å²) in [4.78, 5) is 11.9. The number of benzene rings is 1. The monoisotopic (exact) mass is 218 g/mol. The Labute approximate surface area is 96.0 Å². The molecule has 3 nitrogen and oxygen atoms in total. The van der Waals surface area contributed by atoms with Crippen LogP contribution in [0.5, 0.6) is 0 Å². The molecular formula is C13H18N2O. The van der Waals surface area contributed by atoms with E-state index in [4.69, 9.17) is 5.73 Å². The molecule has 86 valence electrons. The smallest absolute Gasteiger partial charge is 0.251 e. The van der Waals surface area contributed by atoms with Crippen molar-refractivity contribution in [3.8, 4) is 0 Å². The third kappa shape index (κ3) is 2.61. The van der Waals surface area contributed by atoms with Crippen LogP contribution in [0.4, 0.5) is 0 Å². The highest BCUT2D eigenvalue weighted by Crippen LogP contribution is 2.17. The lowest BCUT2D eigenvalue weighted by Crippen LogP contribution is -2.49. The molecule has 0 heterocycles. The maximum Gasteiger partial charge on any atom is 0.251 e. The minimum atomic E-state index is -0.0112. The van der Waals surface area contributed by atoms with Gasteiger partial charge in [0.15, 0.2) is 0 Å². The first-order chi connectivity index (χ1) is 7.77.